The molecule has 0 aliphatic carbocycles. The summed E-state index contributed by atoms with van der Waals surface area (Å²) in [6.45, 7) is 3.89. The van der Waals surface area contributed by atoms with Gasteiger partial charge in [-0.05, 0) is 37.7 Å². The molecule has 2 aliphatic rings. The second kappa shape index (κ2) is 6.96. The summed E-state index contributed by atoms with van der Waals surface area (Å²) >= 11 is 0. The molecule has 3 N–H and O–H groups in total. The lowest BCUT2D eigenvalue weighted by molar-refractivity contribution is 0.102. The second-order valence-corrected chi connectivity index (χ2v) is 7.32. The van der Waals surface area contributed by atoms with Crippen molar-refractivity contribution in [2.24, 2.45) is 10.7 Å². The number of nitrogens with two attached hydrogens (primary N) is 1. The molecule has 0 saturated carbocycles. The molecule has 0 atom stereocenters. The first kappa shape index (κ1) is 17.4. The maximum absolute atomic E-state index is 12.7. The summed E-state index contributed by atoms with van der Waals surface area (Å²) in [5, 5.41) is 2.95. The Kier molecular flexibility index (Phi) is 4.49. The van der Waals surface area contributed by atoms with Crippen LogP contribution in [0.4, 0.5) is 11.4 Å². The van der Waals surface area contributed by atoms with Crippen LogP contribution in [0.2, 0.25) is 0 Å². The molecular weight excluding hydrogens is 338 g/mol. The van der Waals surface area contributed by atoms with Gasteiger partial charge in [0.1, 0.15) is 5.84 Å². The van der Waals surface area contributed by atoms with Crippen LogP contribution in [0.25, 0.3) is 6.08 Å². The van der Waals surface area contributed by atoms with E-state index < -0.39 is 0 Å². The van der Waals surface area contributed by atoms with Gasteiger partial charge in [0.05, 0.1) is 17.6 Å². The Morgan fingerprint density at radius 3 is 3.00 bits per heavy atom. The fourth-order valence-corrected chi connectivity index (χ4v) is 3.54. The number of hydrogen-bond acceptors (Lipinski definition) is 5. The van der Waals surface area contributed by atoms with E-state index in [9.17, 15) is 4.79 Å². The van der Waals surface area contributed by atoms with Crippen molar-refractivity contribution in [3.05, 3.63) is 58.4 Å². The maximum atomic E-state index is 12.7. The van der Waals surface area contributed by atoms with Gasteiger partial charge in [0, 0.05) is 42.8 Å². The number of carbonyl (C=O) groups is 1. The van der Waals surface area contributed by atoms with Crippen LogP contribution in [-0.2, 0) is 13.0 Å². The molecule has 6 nitrogen and oxygen atoms in total. The van der Waals surface area contributed by atoms with Gasteiger partial charge >= 0.3 is 0 Å². The minimum absolute atomic E-state index is 0.178. The van der Waals surface area contributed by atoms with Gasteiger partial charge in [0.15, 0.2) is 0 Å². The number of amides is 1. The van der Waals surface area contributed by atoms with Crippen molar-refractivity contribution in [2.75, 3.05) is 18.9 Å². The molecule has 0 bridgehead atoms. The van der Waals surface area contributed by atoms with Gasteiger partial charge in [-0.2, -0.15) is 0 Å². The van der Waals surface area contributed by atoms with Crippen molar-refractivity contribution >= 4 is 29.2 Å². The van der Waals surface area contributed by atoms with Crippen LogP contribution in [0, 0.1) is 0 Å². The first-order valence-corrected chi connectivity index (χ1v) is 9.10. The number of aromatic nitrogens is 1. The largest absolute Gasteiger partial charge is 0.387 e. The van der Waals surface area contributed by atoms with Gasteiger partial charge in [-0.25, -0.2) is 4.99 Å². The molecule has 1 aromatic carbocycles. The van der Waals surface area contributed by atoms with E-state index in [1.807, 2.05) is 25.1 Å². The van der Waals surface area contributed by atoms with Crippen molar-refractivity contribution in [3.63, 3.8) is 0 Å². The Morgan fingerprint density at radius 1 is 1.30 bits per heavy atom. The zero-order chi connectivity index (χ0) is 19.0. The monoisotopic (exact) mass is 361 g/mol. The van der Waals surface area contributed by atoms with Crippen LogP contribution in [-0.4, -0.2) is 35.2 Å². The summed E-state index contributed by atoms with van der Waals surface area (Å²) < 4.78 is 0. The van der Waals surface area contributed by atoms with Crippen molar-refractivity contribution in [1.29, 1.82) is 0 Å². The zero-order valence-electron chi connectivity index (χ0n) is 15.6. The number of rotatable bonds is 2. The molecule has 1 amide bonds. The van der Waals surface area contributed by atoms with Crippen molar-refractivity contribution in [1.82, 2.24) is 9.88 Å². The van der Waals surface area contributed by atoms with E-state index in [-0.39, 0.29) is 5.91 Å². The van der Waals surface area contributed by atoms with Crippen LogP contribution in [0.3, 0.4) is 0 Å². The second-order valence-electron chi connectivity index (χ2n) is 7.32. The minimum Gasteiger partial charge on any atom is -0.387 e. The van der Waals surface area contributed by atoms with Gasteiger partial charge in [0.2, 0.25) is 0 Å². The van der Waals surface area contributed by atoms with Crippen LogP contribution >= 0.6 is 0 Å². The standard InChI is InChI=1S/C21H23N5O/c1-13-7-14-3-4-15(10-19(14)25-20(22)8-13)21(27)24-17-9-16-12-26(2)6-5-18(16)23-11-17/h3-4,7,9-11H,5-6,8,12H2,1-2H3,(H2,22,25)(H,24,27). The predicted octanol–water partition coefficient (Wildman–Crippen LogP) is 3.12. The molecule has 6 heteroatoms. The smallest absolute Gasteiger partial charge is 0.255 e. The lowest BCUT2D eigenvalue weighted by Crippen LogP contribution is -2.27. The van der Waals surface area contributed by atoms with Gasteiger partial charge in [0.25, 0.3) is 5.91 Å². The minimum atomic E-state index is -0.178. The number of aliphatic imine (C=N–C) groups is 1. The molecule has 4 rings (SSSR count). The summed E-state index contributed by atoms with van der Waals surface area (Å²) in [6.07, 6.45) is 5.38. The van der Waals surface area contributed by atoms with E-state index in [4.69, 9.17) is 5.73 Å². The molecule has 138 valence electrons. The fourth-order valence-electron chi connectivity index (χ4n) is 3.54. The molecule has 0 unspecified atom stereocenters. The van der Waals surface area contributed by atoms with Gasteiger partial charge < -0.3 is 16.0 Å². The van der Waals surface area contributed by atoms with Crippen molar-refractivity contribution < 1.29 is 4.79 Å². The Balaban J connectivity index is 1.58. The predicted molar refractivity (Wildman–Crippen MR) is 108 cm³/mol. The van der Waals surface area contributed by atoms with E-state index >= 15 is 0 Å². The Bertz CT molecular complexity index is 977. The van der Waals surface area contributed by atoms with Crippen molar-refractivity contribution in [3.8, 4) is 0 Å². The number of nitrogens with one attached hydrogen (secondary N) is 1. The molecule has 27 heavy (non-hydrogen) atoms. The quantitative estimate of drug-likeness (QED) is 0.861. The summed E-state index contributed by atoms with van der Waals surface area (Å²) in [7, 11) is 2.09. The number of anilines is 1. The maximum Gasteiger partial charge on any atom is 0.255 e. The summed E-state index contributed by atoms with van der Waals surface area (Å²) in [5.41, 5.74) is 12.4. The molecule has 0 spiro atoms. The fraction of sp³-hybridized carbons (Fsp3) is 0.286. The van der Waals surface area contributed by atoms with E-state index in [0.29, 0.717) is 23.5 Å². The summed E-state index contributed by atoms with van der Waals surface area (Å²) in [4.78, 5) is 23.9. The average molecular weight is 361 g/mol. The Labute approximate surface area is 158 Å². The van der Waals surface area contributed by atoms with Crippen LogP contribution < -0.4 is 11.1 Å². The molecule has 1 aromatic heterocycles. The highest BCUT2D eigenvalue weighted by atomic mass is 16.1. The Hall–Kier alpha value is -2.99. The highest BCUT2D eigenvalue weighted by Crippen LogP contribution is 2.28. The van der Waals surface area contributed by atoms with Crippen LogP contribution in [0.5, 0.6) is 0 Å². The lowest BCUT2D eigenvalue weighted by Gasteiger charge is -2.24. The molecule has 0 saturated heterocycles. The number of nitrogens with zero attached hydrogens (tertiary/aromatic N) is 3. The third-order valence-corrected chi connectivity index (χ3v) is 4.91. The first-order chi connectivity index (χ1) is 13.0. The van der Waals surface area contributed by atoms with Gasteiger partial charge in [-0.15, -0.1) is 0 Å². The van der Waals surface area contributed by atoms with Crippen LogP contribution in [0.15, 0.2) is 41.0 Å². The third-order valence-electron chi connectivity index (χ3n) is 4.91. The third kappa shape index (κ3) is 3.75. The SMILES string of the molecule is CC1=Cc2ccc(C(=O)Nc3cnc4c(c3)CN(C)CC4)cc2N=C(N)C1. The Morgan fingerprint density at radius 2 is 2.15 bits per heavy atom. The number of fused-ring (bicyclic) bond motifs is 2. The topological polar surface area (TPSA) is 83.6 Å². The number of benzene rings is 1. The average Bonchev–Trinajstić information content (AvgIpc) is 2.76. The van der Waals surface area contributed by atoms with E-state index in [1.54, 1.807) is 12.3 Å². The van der Waals surface area contributed by atoms with Crippen molar-refractivity contribution in [2.45, 2.75) is 26.3 Å². The number of hydrogen-bond donors (Lipinski definition) is 2. The number of carbonyl (C=O) groups excluding carboxylic acids is 1. The highest BCUT2D eigenvalue weighted by Gasteiger charge is 2.16. The van der Waals surface area contributed by atoms with E-state index in [0.717, 1.165) is 42.0 Å². The number of likely N-dealkylation sites (N-methyl/N-ethyl adjacent to an activating group) is 1. The molecular formula is C21H23N5O. The highest BCUT2D eigenvalue weighted by molar-refractivity contribution is 6.05. The summed E-state index contributed by atoms with van der Waals surface area (Å²) in [5.74, 6) is 0.380. The molecule has 0 fully saturated rings. The van der Waals surface area contributed by atoms with Crippen LogP contribution in [0.1, 0.15) is 40.5 Å². The molecule has 2 aliphatic heterocycles. The van der Waals surface area contributed by atoms with E-state index in [1.165, 1.54) is 5.56 Å². The molecule has 3 heterocycles. The lowest BCUT2D eigenvalue weighted by atomic mass is 10.0. The van der Waals surface area contributed by atoms with Gasteiger partial charge in [-0.1, -0.05) is 17.7 Å². The number of pyridine rings is 1. The normalized spacial score (nSPS) is 16.5. The number of amidine groups is 1. The zero-order valence-corrected chi connectivity index (χ0v) is 15.6. The molecule has 2 aromatic rings. The summed E-state index contributed by atoms with van der Waals surface area (Å²) in [6, 6.07) is 7.53. The van der Waals surface area contributed by atoms with E-state index in [2.05, 4.69) is 33.3 Å². The molecule has 0 radical (unpaired) electrons. The van der Waals surface area contributed by atoms with Gasteiger partial charge in [-0.3, -0.25) is 9.78 Å². The first-order valence-electron chi connectivity index (χ1n) is 9.10.